The number of anilines is 1. The lowest BCUT2D eigenvalue weighted by Gasteiger charge is -2.39. The van der Waals surface area contributed by atoms with Crippen LogP contribution in [0.2, 0.25) is 5.15 Å². The van der Waals surface area contributed by atoms with Crippen LogP contribution < -0.4 is 4.90 Å². The van der Waals surface area contributed by atoms with Crippen molar-refractivity contribution in [3.05, 3.63) is 101 Å². The average molecular weight is 462 g/mol. The van der Waals surface area contributed by atoms with E-state index in [-0.39, 0.29) is 17.1 Å². The van der Waals surface area contributed by atoms with E-state index in [0.717, 1.165) is 43.7 Å². The molecule has 6 heteroatoms. The number of benzene rings is 2. The molecule has 3 aromatic rings. The highest BCUT2D eigenvalue weighted by atomic mass is 35.5. The molecule has 4 nitrogen and oxygen atoms in total. The van der Waals surface area contributed by atoms with Gasteiger partial charge in [-0.3, -0.25) is 9.69 Å². The lowest BCUT2D eigenvalue weighted by Crippen LogP contribution is -2.46. The van der Waals surface area contributed by atoms with Gasteiger partial charge in [0.05, 0.1) is 0 Å². The number of hydrogen-bond donors (Lipinski definition) is 0. The molecule has 5 rings (SSSR count). The Bertz CT molecular complexity index is 1190. The smallest absolute Gasteiger partial charge is 0.258 e. The molecule has 2 aliphatic rings. The van der Waals surface area contributed by atoms with Crippen molar-refractivity contribution >= 4 is 29.3 Å². The highest BCUT2D eigenvalue weighted by molar-refractivity contribution is 6.29. The van der Waals surface area contributed by atoms with Gasteiger partial charge >= 0.3 is 0 Å². The molecule has 0 atom stereocenters. The number of pyridine rings is 1. The maximum atomic E-state index is 13.3. The molecule has 1 fully saturated rings. The van der Waals surface area contributed by atoms with Crippen LogP contribution in [0, 0.1) is 5.82 Å². The molecule has 1 spiro atoms. The highest BCUT2D eigenvalue weighted by Gasteiger charge is 2.46. The molecule has 1 aromatic heterocycles. The van der Waals surface area contributed by atoms with Gasteiger partial charge in [0.1, 0.15) is 11.0 Å². The number of piperidine rings is 1. The van der Waals surface area contributed by atoms with E-state index in [1.165, 1.54) is 17.7 Å². The minimum absolute atomic E-state index is 0.0275. The monoisotopic (exact) mass is 461 g/mol. The Morgan fingerprint density at radius 1 is 1.09 bits per heavy atom. The quantitative estimate of drug-likeness (QED) is 0.476. The molecular weight excluding hydrogens is 437 g/mol. The summed E-state index contributed by atoms with van der Waals surface area (Å²) < 4.78 is 13.1. The number of nitrogens with zero attached hydrogens (tertiary/aromatic N) is 3. The van der Waals surface area contributed by atoms with E-state index in [9.17, 15) is 9.18 Å². The van der Waals surface area contributed by atoms with E-state index in [1.807, 2.05) is 23.1 Å². The predicted octanol–water partition coefficient (Wildman–Crippen LogP) is 5.58. The summed E-state index contributed by atoms with van der Waals surface area (Å²) in [5.41, 5.74) is 3.80. The Kier molecular flexibility index (Phi) is 6.00. The molecule has 2 aliphatic heterocycles. The zero-order valence-corrected chi connectivity index (χ0v) is 19.0. The van der Waals surface area contributed by atoms with E-state index in [4.69, 9.17) is 11.6 Å². The first-order chi connectivity index (χ1) is 16.0. The van der Waals surface area contributed by atoms with Crippen LogP contribution in [0.4, 0.5) is 10.1 Å². The molecule has 0 aliphatic carbocycles. The fraction of sp³-hybridized carbons (Fsp3) is 0.259. The zero-order chi connectivity index (χ0) is 22.8. The van der Waals surface area contributed by atoms with Gasteiger partial charge in [0.2, 0.25) is 0 Å². The van der Waals surface area contributed by atoms with Crippen molar-refractivity contribution in [2.75, 3.05) is 31.1 Å². The summed E-state index contributed by atoms with van der Waals surface area (Å²) in [5.74, 6) is -0.252. The Balaban J connectivity index is 1.29. The Morgan fingerprint density at radius 2 is 1.85 bits per heavy atom. The number of para-hydroxylation sites is 1. The molecule has 0 unspecified atom stereocenters. The van der Waals surface area contributed by atoms with Crippen LogP contribution in [0.1, 0.15) is 34.3 Å². The number of halogens is 2. The normalized spacial score (nSPS) is 17.6. The number of likely N-dealkylation sites (tertiary alicyclic amines) is 1. The van der Waals surface area contributed by atoms with Crippen molar-refractivity contribution in [3.63, 3.8) is 0 Å². The van der Waals surface area contributed by atoms with Gasteiger partial charge in [0, 0.05) is 36.0 Å². The number of rotatable bonds is 4. The molecule has 3 heterocycles. The third-order valence-corrected chi connectivity index (χ3v) is 7.01. The van der Waals surface area contributed by atoms with Crippen molar-refractivity contribution in [2.24, 2.45) is 0 Å². The zero-order valence-electron chi connectivity index (χ0n) is 18.3. The number of hydrogen-bond acceptors (Lipinski definition) is 3. The molecule has 1 saturated heterocycles. The fourth-order valence-electron chi connectivity index (χ4n) is 5.01. The van der Waals surface area contributed by atoms with E-state index in [0.29, 0.717) is 17.3 Å². The Hall–Kier alpha value is -3.02. The topological polar surface area (TPSA) is 36.4 Å². The molecule has 1 amide bonds. The van der Waals surface area contributed by atoms with Gasteiger partial charge in [-0.1, -0.05) is 54.1 Å². The van der Waals surface area contributed by atoms with Crippen molar-refractivity contribution in [2.45, 2.75) is 18.3 Å². The first-order valence-electron chi connectivity index (χ1n) is 11.2. The van der Waals surface area contributed by atoms with Crippen LogP contribution in [0.15, 0.2) is 72.9 Å². The standard InChI is InChI=1S/C27H25ClFN3O/c28-25-18-21(11-14-30-25)26(33)32-19-27(23-5-1-2-6-24(23)32)12-16-31(17-13-27)15-3-4-20-7-9-22(29)10-8-20/h1-11,14,18H,12-13,15-17,19H2. The minimum Gasteiger partial charge on any atom is -0.307 e. The number of fused-ring (bicyclic) bond motifs is 2. The van der Waals surface area contributed by atoms with E-state index < -0.39 is 0 Å². The van der Waals surface area contributed by atoms with Crippen molar-refractivity contribution in [1.82, 2.24) is 9.88 Å². The molecular formula is C27H25ClFN3O. The minimum atomic E-state index is -0.218. The maximum absolute atomic E-state index is 13.3. The van der Waals surface area contributed by atoms with E-state index in [1.54, 1.807) is 30.5 Å². The maximum Gasteiger partial charge on any atom is 0.258 e. The van der Waals surface area contributed by atoms with Crippen LogP contribution in [0.5, 0.6) is 0 Å². The SMILES string of the molecule is O=C(c1ccnc(Cl)c1)N1CC2(CCN(CC=Cc3ccc(F)cc3)CC2)c2ccccc21. The van der Waals surface area contributed by atoms with Gasteiger partial charge in [-0.05, 0) is 67.4 Å². The third kappa shape index (κ3) is 4.43. The van der Waals surface area contributed by atoms with Crippen molar-refractivity contribution in [3.8, 4) is 0 Å². The lowest BCUT2D eigenvalue weighted by atomic mass is 9.74. The first kappa shape index (κ1) is 21.8. The first-order valence-corrected chi connectivity index (χ1v) is 11.6. The third-order valence-electron chi connectivity index (χ3n) is 6.80. The molecule has 0 radical (unpaired) electrons. The second-order valence-corrected chi connectivity index (χ2v) is 9.20. The van der Waals surface area contributed by atoms with Gasteiger partial charge in [-0.2, -0.15) is 0 Å². The van der Waals surface area contributed by atoms with Crippen LogP contribution in [0.25, 0.3) is 6.08 Å². The van der Waals surface area contributed by atoms with Crippen LogP contribution in [-0.4, -0.2) is 42.0 Å². The number of carbonyl (C=O) groups is 1. The van der Waals surface area contributed by atoms with Crippen LogP contribution in [0.3, 0.4) is 0 Å². The second-order valence-electron chi connectivity index (χ2n) is 8.81. The van der Waals surface area contributed by atoms with Gasteiger partial charge in [-0.15, -0.1) is 0 Å². The Morgan fingerprint density at radius 3 is 2.61 bits per heavy atom. The Labute approximate surface area is 198 Å². The van der Waals surface area contributed by atoms with Gasteiger partial charge < -0.3 is 4.90 Å². The molecule has 168 valence electrons. The summed E-state index contributed by atoms with van der Waals surface area (Å²) >= 11 is 6.03. The molecule has 0 saturated carbocycles. The average Bonchev–Trinajstić information content (AvgIpc) is 3.15. The summed E-state index contributed by atoms with van der Waals surface area (Å²) in [6.45, 7) is 3.47. The molecule has 0 N–H and O–H groups in total. The van der Waals surface area contributed by atoms with Crippen LogP contribution >= 0.6 is 11.6 Å². The molecule has 0 bridgehead atoms. The van der Waals surface area contributed by atoms with Crippen molar-refractivity contribution < 1.29 is 9.18 Å². The van der Waals surface area contributed by atoms with Gasteiger partial charge in [0.25, 0.3) is 5.91 Å². The van der Waals surface area contributed by atoms with Gasteiger partial charge in [-0.25, -0.2) is 9.37 Å². The summed E-state index contributed by atoms with van der Waals surface area (Å²) in [7, 11) is 0. The largest absolute Gasteiger partial charge is 0.307 e. The number of carbonyl (C=O) groups excluding carboxylic acids is 1. The number of amides is 1. The second kappa shape index (κ2) is 9.08. The van der Waals surface area contributed by atoms with E-state index >= 15 is 0 Å². The number of aromatic nitrogens is 1. The highest BCUT2D eigenvalue weighted by Crippen LogP contribution is 2.47. The fourth-order valence-corrected chi connectivity index (χ4v) is 5.18. The summed E-state index contributed by atoms with van der Waals surface area (Å²) in [4.78, 5) is 21.7. The van der Waals surface area contributed by atoms with Crippen LogP contribution in [-0.2, 0) is 5.41 Å². The lowest BCUT2D eigenvalue weighted by molar-refractivity contribution is 0.0977. The predicted molar refractivity (Wildman–Crippen MR) is 130 cm³/mol. The van der Waals surface area contributed by atoms with E-state index in [2.05, 4.69) is 28.1 Å². The summed E-state index contributed by atoms with van der Waals surface area (Å²) in [6.07, 6.45) is 7.74. The summed E-state index contributed by atoms with van der Waals surface area (Å²) in [5, 5.41) is 0.324. The summed E-state index contributed by atoms with van der Waals surface area (Å²) in [6, 6.07) is 18.2. The molecule has 33 heavy (non-hydrogen) atoms. The molecule has 2 aromatic carbocycles. The van der Waals surface area contributed by atoms with Crippen molar-refractivity contribution in [1.29, 1.82) is 0 Å². The van der Waals surface area contributed by atoms with Gasteiger partial charge in [0.15, 0.2) is 0 Å².